The summed E-state index contributed by atoms with van der Waals surface area (Å²) in [5.74, 6) is 1.59. The molecule has 0 aliphatic carbocycles. The van der Waals surface area contributed by atoms with Gasteiger partial charge in [0.25, 0.3) is 0 Å². The van der Waals surface area contributed by atoms with E-state index in [9.17, 15) is 4.79 Å². The molecule has 1 amide bonds. The number of piperidine rings is 1. The van der Waals surface area contributed by atoms with Gasteiger partial charge >= 0.3 is 0 Å². The first-order valence-electron chi connectivity index (χ1n) is 9.39. The van der Waals surface area contributed by atoms with Gasteiger partial charge < -0.3 is 14.4 Å². The number of aromatic nitrogens is 2. The summed E-state index contributed by atoms with van der Waals surface area (Å²) in [6.45, 7) is 5.52. The first kappa shape index (κ1) is 16.9. The van der Waals surface area contributed by atoms with Crippen molar-refractivity contribution in [3.05, 3.63) is 53.0 Å². The number of likely N-dealkylation sites (tertiary alicyclic amines) is 1. The molecule has 0 radical (unpaired) electrons. The molecule has 1 aliphatic rings. The van der Waals surface area contributed by atoms with Crippen molar-refractivity contribution in [2.45, 2.75) is 45.4 Å². The van der Waals surface area contributed by atoms with Crippen LogP contribution in [0.2, 0.25) is 0 Å². The van der Waals surface area contributed by atoms with Gasteiger partial charge in [0, 0.05) is 42.2 Å². The number of para-hydroxylation sites is 1. The predicted octanol–water partition coefficient (Wildman–Crippen LogP) is 4.11. The maximum atomic E-state index is 12.6. The SMILES string of the molecule is Cc1noc(C)c1CCC(=O)N1CCC(c2c[nH]c3ccccc23)CC1. The third-order valence-electron chi connectivity index (χ3n) is 5.68. The van der Waals surface area contributed by atoms with Gasteiger partial charge in [-0.05, 0) is 50.7 Å². The third kappa shape index (κ3) is 3.14. The zero-order valence-electron chi connectivity index (χ0n) is 15.4. The first-order valence-corrected chi connectivity index (χ1v) is 9.39. The van der Waals surface area contributed by atoms with E-state index >= 15 is 0 Å². The zero-order chi connectivity index (χ0) is 18.1. The average molecular weight is 351 g/mol. The number of nitrogens with zero attached hydrogens (tertiary/aromatic N) is 2. The van der Waals surface area contributed by atoms with E-state index in [1.54, 1.807) is 0 Å². The van der Waals surface area contributed by atoms with Gasteiger partial charge in [-0.15, -0.1) is 0 Å². The molecule has 4 rings (SSSR count). The molecular formula is C21H25N3O2. The van der Waals surface area contributed by atoms with Crippen molar-refractivity contribution in [2.24, 2.45) is 0 Å². The van der Waals surface area contributed by atoms with Crippen LogP contribution in [0.4, 0.5) is 0 Å². The van der Waals surface area contributed by atoms with Gasteiger partial charge in [-0.3, -0.25) is 4.79 Å². The van der Waals surface area contributed by atoms with Crippen molar-refractivity contribution in [1.82, 2.24) is 15.0 Å². The number of fused-ring (bicyclic) bond motifs is 1. The number of benzene rings is 1. The van der Waals surface area contributed by atoms with Gasteiger partial charge in [0.15, 0.2) is 0 Å². The molecule has 1 aliphatic heterocycles. The van der Waals surface area contributed by atoms with E-state index in [0.29, 0.717) is 18.8 Å². The molecule has 0 saturated carbocycles. The lowest BCUT2D eigenvalue weighted by Crippen LogP contribution is -2.38. The summed E-state index contributed by atoms with van der Waals surface area (Å²) in [6, 6.07) is 8.45. The molecule has 3 heterocycles. The summed E-state index contributed by atoms with van der Waals surface area (Å²) >= 11 is 0. The molecule has 0 unspecified atom stereocenters. The molecule has 1 fully saturated rings. The Morgan fingerprint density at radius 1 is 1.27 bits per heavy atom. The fourth-order valence-corrected chi connectivity index (χ4v) is 4.12. The lowest BCUT2D eigenvalue weighted by Gasteiger charge is -2.32. The summed E-state index contributed by atoms with van der Waals surface area (Å²) in [7, 11) is 0. The molecule has 0 spiro atoms. The van der Waals surface area contributed by atoms with Crippen LogP contribution >= 0.6 is 0 Å². The Morgan fingerprint density at radius 2 is 2.04 bits per heavy atom. The van der Waals surface area contributed by atoms with Crippen LogP contribution < -0.4 is 0 Å². The standard InChI is InChI=1S/C21H25N3O2/c1-14-17(15(2)26-23-14)7-8-21(25)24-11-9-16(10-12-24)19-13-22-20-6-4-3-5-18(19)20/h3-6,13,16,22H,7-12H2,1-2H3. The number of nitrogens with one attached hydrogen (secondary N) is 1. The summed E-state index contributed by atoms with van der Waals surface area (Å²) in [5, 5.41) is 5.28. The molecule has 1 N–H and O–H groups in total. The molecule has 1 aromatic carbocycles. The number of amides is 1. The number of H-pyrrole nitrogens is 1. The minimum Gasteiger partial charge on any atom is -0.361 e. The topological polar surface area (TPSA) is 62.1 Å². The van der Waals surface area contributed by atoms with Gasteiger partial charge in [-0.25, -0.2) is 0 Å². The number of hydrogen-bond donors (Lipinski definition) is 1. The van der Waals surface area contributed by atoms with Crippen LogP contribution in [-0.2, 0) is 11.2 Å². The lowest BCUT2D eigenvalue weighted by atomic mass is 9.89. The molecule has 1 saturated heterocycles. The molecule has 26 heavy (non-hydrogen) atoms. The summed E-state index contributed by atoms with van der Waals surface area (Å²) in [5.41, 5.74) is 4.56. The molecule has 5 heteroatoms. The van der Waals surface area contributed by atoms with Gasteiger partial charge in [0.05, 0.1) is 5.69 Å². The fourth-order valence-electron chi connectivity index (χ4n) is 4.12. The number of carbonyl (C=O) groups excluding carboxylic acids is 1. The van der Waals surface area contributed by atoms with Crippen LogP contribution in [0.15, 0.2) is 35.0 Å². The second-order valence-electron chi connectivity index (χ2n) is 7.25. The predicted molar refractivity (Wildman–Crippen MR) is 101 cm³/mol. The molecule has 136 valence electrons. The Hall–Kier alpha value is -2.56. The van der Waals surface area contributed by atoms with Gasteiger partial charge in [-0.2, -0.15) is 0 Å². The normalized spacial score (nSPS) is 15.7. The monoisotopic (exact) mass is 351 g/mol. The second kappa shape index (κ2) is 6.98. The van der Waals surface area contributed by atoms with Crippen molar-refractivity contribution in [3.63, 3.8) is 0 Å². The number of carbonyl (C=O) groups is 1. The van der Waals surface area contributed by atoms with Gasteiger partial charge in [0.1, 0.15) is 5.76 Å². The highest BCUT2D eigenvalue weighted by Crippen LogP contribution is 2.33. The summed E-state index contributed by atoms with van der Waals surface area (Å²) < 4.78 is 5.19. The highest BCUT2D eigenvalue weighted by atomic mass is 16.5. The van der Waals surface area contributed by atoms with Crippen LogP contribution in [-0.4, -0.2) is 34.0 Å². The van der Waals surface area contributed by atoms with Crippen LogP contribution in [0.5, 0.6) is 0 Å². The molecule has 0 bridgehead atoms. The number of aryl methyl sites for hydroxylation is 2. The van der Waals surface area contributed by atoms with E-state index in [1.165, 1.54) is 16.5 Å². The second-order valence-corrected chi connectivity index (χ2v) is 7.25. The largest absolute Gasteiger partial charge is 0.361 e. The molecular weight excluding hydrogens is 326 g/mol. The highest BCUT2D eigenvalue weighted by molar-refractivity contribution is 5.83. The van der Waals surface area contributed by atoms with Crippen molar-refractivity contribution >= 4 is 16.8 Å². The number of hydrogen-bond acceptors (Lipinski definition) is 3. The molecule has 0 atom stereocenters. The highest BCUT2D eigenvalue weighted by Gasteiger charge is 2.25. The Bertz CT molecular complexity index is 897. The molecule has 5 nitrogen and oxygen atoms in total. The Morgan fingerprint density at radius 3 is 2.77 bits per heavy atom. The van der Waals surface area contributed by atoms with E-state index in [0.717, 1.165) is 42.9 Å². The van der Waals surface area contributed by atoms with Crippen LogP contribution in [0, 0.1) is 13.8 Å². The fraction of sp³-hybridized carbons (Fsp3) is 0.429. The average Bonchev–Trinajstić information content (AvgIpc) is 3.23. The molecule has 3 aromatic rings. The number of rotatable bonds is 4. The van der Waals surface area contributed by atoms with E-state index in [4.69, 9.17) is 4.52 Å². The first-order chi connectivity index (χ1) is 12.6. The Balaban J connectivity index is 1.35. The van der Waals surface area contributed by atoms with Gasteiger partial charge in [0.2, 0.25) is 5.91 Å². The maximum Gasteiger partial charge on any atom is 0.222 e. The lowest BCUT2D eigenvalue weighted by molar-refractivity contribution is -0.132. The zero-order valence-corrected chi connectivity index (χ0v) is 15.4. The van der Waals surface area contributed by atoms with Crippen molar-refractivity contribution < 1.29 is 9.32 Å². The number of aromatic amines is 1. The van der Waals surface area contributed by atoms with Crippen LogP contribution in [0.1, 0.15) is 47.8 Å². The van der Waals surface area contributed by atoms with Crippen LogP contribution in [0.3, 0.4) is 0 Å². The van der Waals surface area contributed by atoms with Crippen molar-refractivity contribution in [1.29, 1.82) is 0 Å². The minimum atomic E-state index is 0.238. The minimum absolute atomic E-state index is 0.238. The Kier molecular flexibility index (Phi) is 4.53. The molecule has 2 aromatic heterocycles. The summed E-state index contributed by atoms with van der Waals surface area (Å²) in [6.07, 6.45) is 5.44. The maximum absolute atomic E-state index is 12.6. The van der Waals surface area contributed by atoms with E-state index in [1.807, 2.05) is 18.7 Å². The van der Waals surface area contributed by atoms with Gasteiger partial charge in [-0.1, -0.05) is 23.4 Å². The van der Waals surface area contributed by atoms with Crippen molar-refractivity contribution in [3.8, 4) is 0 Å². The quantitative estimate of drug-likeness (QED) is 0.769. The smallest absolute Gasteiger partial charge is 0.222 e. The summed E-state index contributed by atoms with van der Waals surface area (Å²) in [4.78, 5) is 18.0. The van der Waals surface area contributed by atoms with Crippen LogP contribution in [0.25, 0.3) is 10.9 Å². The van der Waals surface area contributed by atoms with Crippen molar-refractivity contribution in [2.75, 3.05) is 13.1 Å². The van der Waals surface area contributed by atoms with E-state index < -0.39 is 0 Å². The Labute approximate surface area is 153 Å². The van der Waals surface area contributed by atoms with E-state index in [-0.39, 0.29) is 5.91 Å². The van der Waals surface area contributed by atoms with E-state index in [2.05, 4.69) is 40.6 Å². The third-order valence-corrected chi connectivity index (χ3v) is 5.68.